The summed E-state index contributed by atoms with van der Waals surface area (Å²) in [5.41, 5.74) is 3.90. The fourth-order valence-corrected chi connectivity index (χ4v) is 7.94. The van der Waals surface area contributed by atoms with Crippen molar-refractivity contribution in [2.45, 2.75) is 89.1 Å². The Bertz CT molecular complexity index is 967. The van der Waals surface area contributed by atoms with E-state index in [2.05, 4.69) is 47.1 Å². The maximum Gasteiger partial charge on any atom is 0.230 e. The summed E-state index contributed by atoms with van der Waals surface area (Å²) in [6.45, 7) is 5.41. The predicted octanol–water partition coefficient (Wildman–Crippen LogP) is 5.12. The molecule has 3 aliphatic heterocycles. The zero-order chi connectivity index (χ0) is 23.2. The van der Waals surface area contributed by atoms with Crippen LogP contribution in [0.5, 0.6) is 0 Å². The first kappa shape index (κ1) is 22.5. The molecule has 34 heavy (non-hydrogen) atoms. The molecule has 5 aliphatic rings. The number of likely N-dealkylation sites (tertiary alicyclic amines) is 1. The Morgan fingerprint density at radius 1 is 1.03 bits per heavy atom. The van der Waals surface area contributed by atoms with Gasteiger partial charge in [0.15, 0.2) is 0 Å². The van der Waals surface area contributed by atoms with Crippen LogP contribution in [0.3, 0.4) is 0 Å². The second-order valence-electron chi connectivity index (χ2n) is 11.8. The Balaban J connectivity index is 1.17. The third kappa shape index (κ3) is 4.06. The van der Waals surface area contributed by atoms with Crippen LogP contribution in [0, 0.1) is 17.8 Å². The van der Waals surface area contributed by atoms with Gasteiger partial charge in [0.2, 0.25) is 5.91 Å². The van der Waals surface area contributed by atoms with Crippen molar-refractivity contribution >= 4 is 11.7 Å². The molecule has 1 amide bonds. The first-order valence-electron chi connectivity index (χ1n) is 13.9. The summed E-state index contributed by atoms with van der Waals surface area (Å²) in [6.07, 6.45) is 13.9. The number of piperidine rings is 3. The molecule has 0 unspecified atom stereocenters. The molecule has 0 N–H and O–H groups in total. The SMILES string of the molecule is C[C@@H](C(=O)N1CCCC2=C[C@H]3C[C@@H](CN4CCCC[C@H]34)[C@@H]21)c1ccc(C[C@@H]2CCCC2=O)cc1. The number of carbonyl (C=O) groups excluding carboxylic acids is 2. The Kier molecular flexibility index (Phi) is 6.13. The first-order valence-corrected chi connectivity index (χ1v) is 13.9. The minimum Gasteiger partial charge on any atom is -0.335 e. The summed E-state index contributed by atoms with van der Waals surface area (Å²) in [5.74, 6) is 2.11. The van der Waals surface area contributed by atoms with Crippen LogP contribution in [0.1, 0.15) is 81.8 Å². The molecule has 3 saturated heterocycles. The van der Waals surface area contributed by atoms with E-state index in [-0.39, 0.29) is 11.8 Å². The van der Waals surface area contributed by atoms with E-state index < -0.39 is 0 Å². The Labute approximate surface area is 204 Å². The molecule has 4 fully saturated rings. The van der Waals surface area contributed by atoms with Crippen LogP contribution in [0.15, 0.2) is 35.9 Å². The second kappa shape index (κ2) is 9.26. The van der Waals surface area contributed by atoms with E-state index in [0.717, 1.165) is 50.3 Å². The van der Waals surface area contributed by atoms with Crippen LogP contribution in [0.2, 0.25) is 0 Å². The molecular formula is C30H40N2O2. The van der Waals surface area contributed by atoms with Crippen LogP contribution < -0.4 is 0 Å². The van der Waals surface area contributed by atoms with Crippen LogP contribution in [-0.2, 0) is 16.0 Å². The molecule has 0 spiro atoms. The number of Topliss-reactive ketones (excluding diaryl/α,β-unsaturated/α-hetero) is 1. The van der Waals surface area contributed by atoms with Crippen LogP contribution in [0.4, 0.5) is 0 Å². The number of hydrogen-bond acceptors (Lipinski definition) is 3. The van der Waals surface area contributed by atoms with Crippen molar-refractivity contribution in [1.29, 1.82) is 0 Å². The van der Waals surface area contributed by atoms with Gasteiger partial charge in [-0.1, -0.05) is 42.3 Å². The van der Waals surface area contributed by atoms with Gasteiger partial charge in [0.1, 0.15) is 5.78 Å². The number of hydrogen-bond donors (Lipinski definition) is 0. The van der Waals surface area contributed by atoms with Crippen LogP contribution in [0.25, 0.3) is 0 Å². The van der Waals surface area contributed by atoms with Crippen molar-refractivity contribution < 1.29 is 9.59 Å². The van der Waals surface area contributed by atoms with E-state index >= 15 is 0 Å². The number of ketones is 1. The van der Waals surface area contributed by atoms with E-state index in [1.807, 2.05) is 0 Å². The highest BCUT2D eigenvalue weighted by Gasteiger charge is 2.47. The van der Waals surface area contributed by atoms with Gasteiger partial charge >= 0.3 is 0 Å². The summed E-state index contributed by atoms with van der Waals surface area (Å²) in [5, 5.41) is 0. The summed E-state index contributed by atoms with van der Waals surface area (Å²) in [6, 6.07) is 9.63. The lowest BCUT2D eigenvalue weighted by Gasteiger charge is -2.55. The van der Waals surface area contributed by atoms with Gasteiger partial charge in [0.05, 0.1) is 12.0 Å². The molecule has 3 heterocycles. The highest BCUT2D eigenvalue weighted by atomic mass is 16.2. The third-order valence-electron chi connectivity index (χ3n) is 9.70. The van der Waals surface area contributed by atoms with E-state index in [4.69, 9.17) is 0 Å². The number of carbonyl (C=O) groups is 2. The van der Waals surface area contributed by atoms with E-state index in [1.54, 1.807) is 5.57 Å². The molecule has 4 nitrogen and oxygen atoms in total. The molecule has 6 rings (SSSR count). The number of benzene rings is 1. The highest BCUT2D eigenvalue weighted by Crippen LogP contribution is 2.45. The molecule has 6 atom stereocenters. The molecule has 1 aromatic rings. The molecular weight excluding hydrogens is 420 g/mol. The van der Waals surface area contributed by atoms with Gasteiger partial charge in [-0.25, -0.2) is 0 Å². The summed E-state index contributed by atoms with van der Waals surface area (Å²) in [4.78, 5) is 30.9. The molecule has 0 radical (unpaired) electrons. The predicted molar refractivity (Wildman–Crippen MR) is 135 cm³/mol. The summed E-state index contributed by atoms with van der Waals surface area (Å²) >= 11 is 0. The summed E-state index contributed by atoms with van der Waals surface area (Å²) in [7, 11) is 0. The monoisotopic (exact) mass is 460 g/mol. The zero-order valence-corrected chi connectivity index (χ0v) is 20.8. The number of nitrogens with zero attached hydrogens (tertiary/aromatic N) is 2. The minimum atomic E-state index is -0.120. The van der Waals surface area contributed by atoms with Crippen molar-refractivity contribution in [3.05, 3.63) is 47.0 Å². The zero-order valence-electron chi connectivity index (χ0n) is 20.8. The maximum absolute atomic E-state index is 13.8. The topological polar surface area (TPSA) is 40.6 Å². The first-order chi connectivity index (χ1) is 16.6. The Hall–Kier alpha value is -1.94. The molecule has 0 aromatic heterocycles. The maximum atomic E-state index is 13.8. The second-order valence-corrected chi connectivity index (χ2v) is 11.8. The Morgan fingerprint density at radius 3 is 2.68 bits per heavy atom. The van der Waals surface area contributed by atoms with E-state index in [0.29, 0.717) is 29.6 Å². The van der Waals surface area contributed by atoms with Crippen LogP contribution in [-0.4, -0.2) is 53.2 Å². The van der Waals surface area contributed by atoms with Crippen molar-refractivity contribution in [3.8, 4) is 0 Å². The van der Waals surface area contributed by atoms with Crippen molar-refractivity contribution in [2.75, 3.05) is 19.6 Å². The molecule has 182 valence electrons. The van der Waals surface area contributed by atoms with Crippen molar-refractivity contribution in [1.82, 2.24) is 9.80 Å². The number of rotatable bonds is 4. The van der Waals surface area contributed by atoms with Crippen molar-refractivity contribution in [3.63, 3.8) is 0 Å². The van der Waals surface area contributed by atoms with Gasteiger partial charge in [-0.05, 0) is 87.8 Å². The standard InChI is InChI=1S/C30H40N2O2/c1-20(22-12-10-21(11-13-22)16-23-6-4-9-28(23)33)30(34)32-15-5-7-24-17-25-18-26(29(24)32)19-31-14-3-2-8-27(25)31/h10-13,17,20,23,25-27,29H,2-9,14-16,18-19H2,1H3/t20-,23+,25+,26+,27-,29-/m1/s1. The average Bonchev–Trinajstić information content (AvgIpc) is 3.27. The molecule has 1 saturated carbocycles. The van der Waals surface area contributed by atoms with Gasteiger partial charge in [0.25, 0.3) is 0 Å². The molecule has 4 heteroatoms. The summed E-state index contributed by atoms with van der Waals surface area (Å²) < 4.78 is 0. The Morgan fingerprint density at radius 2 is 1.88 bits per heavy atom. The van der Waals surface area contributed by atoms with Gasteiger partial charge in [0, 0.05) is 31.5 Å². The van der Waals surface area contributed by atoms with E-state index in [1.165, 1.54) is 50.8 Å². The lowest BCUT2D eigenvalue weighted by atomic mass is 9.68. The third-order valence-corrected chi connectivity index (χ3v) is 9.70. The molecule has 2 bridgehead atoms. The van der Waals surface area contributed by atoms with Crippen molar-refractivity contribution in [2.24, 2.45) is 17.8 Å². The number of fused-ring (bicyclic) bond motifs is 6. The fraction of sp³-hybridized carbons (Fsp3) is 0.667. The lowest BCUT2D eigenvalue weighted by Crippen LogP contribution is -2.60. The fourth-order valence-electron chi connectivity index (χ4n) is 7.94. The molecule has 1 aromatic carbocycles. The highest BCUT2D eigenvalue weighted by molar-refractivity contribution is 5.84. The molecule has 2 aliphatic carbocycles. The normalized spacial score (nSPS) is 34.3. The minimum absolute atomic E-state index is 0.120. The van der Waals surface area contributed by atoms with Crippen LogP contribution >= 0.6 is 0 Å². The van der Waals surface area contributed by atoms with Gasteiger partial charge in [-0.15, -0.1) is 0 Å². The van der Waals surface area contributed by atoms with Gasteiger partial charge in [-0.3, -0.25) is 14.5 Å². The van der Waals surface area contributed by atoms with E-state index in [9.17, 15) is 9.59 Å². The smallest absolute Gasteiger partial charge is 0.230 e. The largest absolute Gasteiger partial charge is 0.335 e. The van der Waals surface area contributed by atoms with Gasteiger partial charge in [-0.2, -0.15) is 0 Å². The average molecular weight is 461 g/mol. The number of amides is 1. The van der Waals surface area contributed by atoms with Gasteiger partial charge < -0.3 is 4.90 Å². The quantitative estimate of drug-likeness (QED) is 0.586. The lowest BCUT2D eigenvalue weighted by molar-refractivity contribution is -0.137.